The van der Waals surface area contributed by atoms with E-state index in [1.807, 2.05) is 13.8 Å². The molecule has 0 fully saturated rings. The van der Waals surface area contributed by atoms with Crippen molar-refractivity contribution in [1.82, 2.24) is 0 Å². The van der Waals surface area contributed by atoms with Gasteiger partial charge in [-0.1, -0.05) is 33.6 Å². The summed E-state index contributed by atoms with van der Waals surface area (Å²) in [5.74, 6) is -0.0609. The molecular formula is C26H34O8. The maximum Gasteiger partial charge on any atom is 0.373 e. The van der Waals surface area contributed by atoms with Crippen LogP contribution in [-0.2, 0) is 19.6 Å². The van der Waals surface area contributed by atoms with Crippen LogP contribution in [0.3, 0.4) is 0 Å². The molecule has 2 aromatic rings. The van der Waals surface area contributed by atoms with Gasteiger partial charge in [0.15, 0.2) is 0 Å². The first kappa shape index (κ1) is 27.1. The van der Waals surface area contributed by atoms with Crippen molar-refractivity contribution in [2.24, 2.45) is 0 Å². The lowest BCUT2D eigenvalue weighted by atomic mass is 10.2. The fourth-order valence-corrected chi connectivity index (χ4v) is 2.78. The highest BCUT2D eigenvalue weighted by Crippen LogP contribution is 2.17. The first-order valence-electron chi connectivity index (χ1n) is 11.8. The van der Waals surface area contributed by atoms with E-state index in [0.29, 0.717) is 42.3 Å². The summed E-state index contributed by atoms with van der Waals surface area (Å²) in [7, 11) is 0. The zero-order chi connectivity index (χ0) is 24.6. The number of hydrogen-bond donors (Lipinski definition) is 0. The van der Waals surface area contributed by atoms with E-state index in [0.717, 1.165) is 32.1 Å². The van der Waals surface area contributed by atoms with Crippen LogP contribution in [0.2, 0.25) is 0 Å². The van der Waals surface area contributed by atoms with Crippen molar-refractivity contribution < 1.29 is 38.6 Å². The Bertz CT molecular complexity index is 781. The van der Waals surface area contributed by atoms with E-state index in [2.05, 4.69) is 6.92 Å². The largest absolute Gasteiger partial charge is 0.494 e. The van der Waals surface area contributed by atoms with Gasteiger partial charge in [-0.25, -0.2) is 9.59 Å². The van der Waals surface area contributed by atoms with Crippen LogP contribution in [0.5, 0.6) is 11.5 Å². The number of carbonyl (C=O) groups excluding carboxylic acids is 2. The lowest BCUT2D eigenvalue weighted by molar-refractivity contribution is -0.421. The van der Waals surface area contributed by atoms with E-state index in [9.17, 15) is 9.59 Å². The molecule has 34 heavy (non-hydrogen) atoms. The van der Waals surface area contributed by atoms with Gasteiger partial charge in [-0.05, 0) is 67.8 Å². The monoisotopic (exact) mass is 474 g/mol. The van der Waals surface area contributed by atoms with Gasteiger partial charge in [-0.15, -0.1) is 9.78 Å². The molecule has 0 aliphatic carbocycles. The smallest absolute Gasteiger partial charge is 0.373 e. The first-order valence-corrected chi connectivity index (χ1v) is 11.8. The van der Waals surface area contributed by atoms with Gasteiger partial charge in [0.25, 0.3) is 0 Å². The molecule has 0 saturated heterocycles. The Morgan fingerprint density at radius 2 is 1.09 bits per heavy atom. The van der Waals surface area contributed by atoms with Crippen LogP contribution in [-0.4, -0.2) is 31.4 Å². The van der Waals surface area contributed by atoms with E-state index in [1.165, 1.54) is 0 Å². The van der Waals surface area contributed by atoms with Crippen LogP contribution < -0.4 is 9.47 Å². The molecule has 0 N–H and O–H groups in total. The predicted molar refractivity (Wildman–Crippen MR) is 125 cm³/mol. The lowest BCUT2D eigenvalue weighted by Crippen LogP contribution is -2.22. The second-order valence-corrected chi connectivity index (χ2v) is 7.61. The SMILES string of the molecule is CCCCCC(OOC(=O)c1ccc(OCCC)cc1)OOC(=O)c1ccc(OCCC)cc1. The van der Waals surface area contributed by atoms with Gasteiger partial charge in [0.05, 0.1) is 24.3 Å². The molecular weight excluding hydrogens is 440 g/mol. The summed E-state index contributed by atoms with van der Waals surface area (Å²) < 4.78 is 11.0. The maximum atomic E-state index is 12.3. The highest BCUT2D eigenvalue weighted by atomic mass is 17.3. The second kappa shape index (κ2) is 15.7. The van der Waals surface area contributed by atoms with Gasteiger partial charge in [-0.3, -0.25) is 9.78 Å². The van der Waals surface area contributed by atoms with Crippen LogP contribution in [0, 0.1) is 0 Å². The minimum absolute atomic E-state index is 0.290. The molecule has 0 unspecified atom stereocenters. The molecule has 186 valence electrons. The zero-order valence-corrected chi connectivity index (χ0v) is 20.1. The normalized spacial score (nSPS) is 10.7. The topological polar surface area (TPSA) is 89.5 Å². The van der Waals surface area contributed by atoms with Gasteiger partial charge < -0.3 is 9.47 Å². The van der Waals surface area contributed by atoms with Crippen molar-refractivity contribution in [2.75, 3.05) is 13.2 Å². The lowest BCUT2D eigenvalue weighted by Gasteiger charge is -2.15. The van der Waals surface area contributed by atoms with Crippen LogP contribution in [0.15, 0.2) is 48.5 Å². The van der Waals surface area contributed by atoms with Gasteiger partial charge in [0, 0.05) is 6.42 Å². The van der Waals surface area contributed by atoms with E-state index in [-0.39, 0.29) is 0 Å². The van der Waals surface area contributed by atoms with Crippen LogP contribution in [0.25, 0.3) is 0 Å². The van der Waals surface area contributed by atoms with Crippen LogP contribution in [0.4, 0.5) is 0 Å². The maximum absolute atomic E-state index is 12.3. The molecule has 0 heterocycles. The molecule has 0 radical (unpaired) electrons. The molecule has 0 amide bonds. The summed E-state index contributed by atoms with van der Waals surface area (Å²) in [5.41, 5.74) is 0.581. The van der Waals surface area contributed by atoms with Crippen LogP contribution >= 0.6 is 0 Å². The van der Waals surface area contributed by atoms with Crippen molar-refractivity contribution >= 4 is 11.9 Å². The molecule has 0 atom stereocenters. The number of carbonyl (C=O) groups is 2. The Morgan fingerprint density at radius 3 is 1.47 bits per heavy atom. The number of ether oxygens (including phenoxy) is 2. The van der Waals surface area contributed by atoms with Crippen molar-refractivity contribution in [3.8, 4) is 11.5 Å². The minimum atomic E-state index is -1.06. The van der Waals surface area contributed by atoms with Gasteiger partial charge in [0.2, 0.25) is 6.29 Å². The third-order valence-corrected chi connectivity index (χ3v) is 4.63. The zero-order valence-electron chi connectivity index (χ0n) is 20.1. The van der Waals surface area contributed by atoms with E-state index in [4.69, 9.17) is 29.0 Å². The number of unbranched alkanes of at least 4 members (excludes halogenated alkanes) is 2. The molecule has 8 nitrogen and oxygen atoms in total. The van der Waals surface area contributed by atoms with Crippen LogP contribution in [0.1, 0.15) is 80.0 Å². The quantitative estimate of drug-likeness (QED) is 0.126. The molecule has 8 heteroatoms. The van der Waals surface area contributed by atoms with E-state index >= 15 is 0 Å². The Morgan fingerprint density at radius 1 is 0.647 bits per heavy atom. The van der Waals surface area contributed by atoms with Gasteiger partial charge in [-0.2, -0.15) is 0 Å². The van der Waals surface area contributed by atoms with E-state index < -0.39 is 18.2 Å². The standard InChI is InChI=1S/C26H34O8/c1-4-7-8-9-24(31-33-25(27)20-10-14-22(15-11-20)29-18-5-2)32-34-26(28)21-12-16-23(17-13-21)30-19-6-3/h10-17,24H,4-9,18-19H2,1-3H3. The third kappa shape index (κ3) is 9.80. The molecule has 0 saturated carbocycles. The van der Waals surface area contributed by atoms with Crippen molar-refractivity contribution in [3.05, 3.63) is 59.7 Å². The number of benzene rings is 2. The summed E-state index contributed by atoms with van der Waals surface area (Å²) in [5, 5.41) is 0. The summed E-state index contributed by atoms with van der Waals surface area (Å²) in [6.45, 7) is 7.27. The molecule has 2 rings (SSSR count). The average Bonchev–Trinajstić information content (AvgIpc) is 2.87. The summed E-state index contributed by atoms with van der Waals surface area (Å²) in [4.78, 5) is 44.8. The van der Waals surface area contributed by atoms with Crippen molar-refractivity contribution in [1.29, 1.82) is 0 Å². The summed E-state index contributed by atoms with van der Waals surface area (Å²) >= 11 is 0. The summed E-state index contributed by atoms with van der Waals surface area (Å²) in [6.07, 6.45) is 3.74. The Hall–Kier alpha value is -3.10. The Kier molecular flexibility index (Phi) is 12.5. The van der Waals surface area contributed by atoms with Gasteiger partial charge in [0.1, 0.15) is 11.5 Å². The van der Waals surface area contributed by atoms with Gasteiger partial charge >= 0.3 is 11.9 Å². The average molecular weight is 475 g/mol. The predicted octanol–water partition coefficient (Wildman–Crippen LogP) is 6.05. The number of rotatable bonds is 16. The second-order valence-electron chi connectivity index (χ2n) is 7.61. The molecule has 0 bridgehead atoms. The molecule has 0 aromatic heterocycles. The summed E-state index contributed by atoms with van der Waals surface area (Å²) in [6, 6.07) is 13.1. The van der Waals surface area contributed by atoms with Crippen molar-refractivity contribution in [2.45, 2.75) is 65.6 Å². The highest BCUT2D eigenvalue weighted by molar-refractivity contribution is 5.89. The highest BCUT2D eigenvalue weighted by Gasteiger charge is 2.19. The fraction of sp³-hybridized carbons (Fsp3) is 0.462. The third-order valence-electron chi connectivity index (χ3n) is 4.63. The molecule has 0 aliphatic rings. The molecule has 0 spiro atoms. The van der Waals surface area contributed by atoms with Crippen molar-refractivity contribution in [3.63, 3.8) is 0 Å². The first-order chi connectivity index (χ1) is 16.6. The fourth-order valence-electron chi connectivity index (χ4n) is 2.78. The van der Waals surface area contributed by atoms with E-state index in [1.54, 1.807) is 48.5 Å². The molecule has 2 aromatic carbocycles. The Labute approximate surface area is 200 Å². The minimum Gasteiger partial charge on any atom is -0.494 e. The Balaban J connectivity index is 1.87. The number of hydrogen-bond acceptors (Lipinski definition) is 8. The molecule has 0 aliphatic heterocycles.